The van der Waals surface area contributed by atoms with Crippen molar-refractivity contribution < 1.29 is 23.9 Å². The summed E-state index contributed by atoms with van der Waals surface area (Å²) >= 11 is 6.20. The van der Waals surface area contributed by atoms with Crippen LogP contribution in [0.15, 0.2) is 66.7 Å². The predicted molar refractivity (Wildman–Crippen MR) is 129 cm³/mol. The van der Waals surface area contributed by atoms with Crippen molar-refractivity contribution in [3.05, 3.63) is 99.6 Å². The van der Waals surface area contributed by atoms with Crippen LogP contribution in [-0.4, -0.2) is 29.0 Å². The van der Waals surface area contributed by atoms with E-state index in [4.69, 9.17) is 16.3 Å². The molecule has 1 aliphatic carbocycles. The van der Waals surface area contributed by atoms with Crippen LogP contribution in [0.1, 0.15) is 43.5 Å². The number of amides is 2. The Morgan fingerprint density at radius 3 is 2.09 bits per heavy atom. The number of hydrogen-bond acceptors (Lipinski definition) is 5. The number of fused-ring (bicyclic) bond motifs is 3. The zero-order chi connectivity index (χ0) is 24.6. The van der Waals surface area contributed by atoms with Crippen molar-refractivity contribution in [2.45, 2.75) is 25.6 Å². The van der Waals surface area contributed by atoms with Crippen LogP contribution in [0.25, 0.3) is 0 Å². The van der Waals surface area contributed by atoms with Gasteiger partial charge in [-0.1, -0.05) is 71.8 Å². The van der Waals surface area contributed by atoms with Gasteiger partial charge in [-0.3, -0.25) is 19.2 Å². The first kappa shape index (κ1) is 21.9. The first-order valence-electron chi connectivity index (χ1n) is 11.3. The summed E-state index contributed by atoms with van der Waals surface area (Å²) in [5, 5.41) is 0.365. The molecule has 6 nitrogen and oxygen atoms in total. The van der Waals surface area contributed by atoms with Gasteiger partial charge in [-0.25, -0.2) is 4.90 Å². The molecule has 3 aliphatic rings. The van der Waals surface area contributed by atoms with Crippen LogP contribution >= 0.6 is 11.6 Å². The van der Waals surface area contributed by atoms with Crippen molar-refractivity contribution in [3.63, 3.8) is 0 Å². The molecule has 0 radical (unpaired) electrons. The van der Waals surface area contributed by atoms with Gasteiger partial charge in [0.25, 0.3) is 0 Å². The number of nitrogens with zero attached hydrogens (tertiary/aromatic N) is 1. The quantitative estimate of drug-likeness (QED) is 0.390. The number of halogens is 1. The summed E-state index contributed by atoms with van der Waals surface area (Å²) in [6.45, 7) is 3.70. The Bertz CT molecular complexity index is 1430. The van der Waals surface area contributed by atoms with Gasteiger partial charge in [0.1, 0.15) is 0 Å². The van der Waals surface area contributed by atoms with Crippen molar-refractivity contribution in [3.8, 4) is 0 Å². The van der Waals surface area contributed by atoms with Crippen LogP contribution in [0.5, 0.6) is 0 Å². The van der Waals surface area contributed by atoms with Gasteiger partial charge in [-0.15, -0.1) is 0 Å². The van der Waals surface area contributed by atoms with Crippen LogP contribution in [0.2, 0.25) is 5.02 Å². The van der Waals surface area contributed by atoms with Gasteiger partial charge in [0.2, 0.25) is 29.0 Å². The molecule has 0 saturated carbocycles. The van der Waals surface area contributed by atoms with Gasteiger partial charge in [0.05, 0.1) is 23.6 Å². The average Bonchev–Trinajstić information content (AvgIpc) is 3.41. The van der Waals surface area contributed by atoms with E-state index < -0.39 is 46.9 Å². The number of rotatable bonds is 2. The normalized spacial score (nSPS) is 24.4. The highest BCUT2D eigenvalue weighted by Gasteiger charge is 2.74. The fraction of sp³-hybridized carbons (Fsp3) is 0.214. The topological polar surface area (TPSA) is 80.8 Å². The highest BCUT2D eigenvalue weighted by Crippen LogP contribution is 2.57. The molecule has 0 unspecified atom stereocenters. The maximum atomic E-state index is 14.0. The van der Waals surface area contributed by atoms with E-state index in [9.17, 15) is 19.2 Å². The zero-order valence-corrected chi connectivity index (χ0v) is 19.7. The maximum absolute atomic E-state index is 14.0. The van der Waals surface area contributed by atoms with Gasteiger partial charge in [0, 0.05) is 16.1 Å². The van der Waals surface area contributed by atoms with Crippen LogP contribution in [0, 0.1) is 25.7 Å². The third kappa shape index (κ3) is 2.81. The van der Waals surface area contributed by atoms with E-state index in [1.54, 1.807) is 61.5 Å². The van der Waals surface area contributed by atoms with Gasteiger partial charge in [-0.2, -0.15) is 0 Å². The zero-order valence-electron chi connectivity index (χ0n) is 18.9. The monoisotopic (exact) mass is 485 g/mol. The van der Waals surface area contributed by atoms with Crippen molar-refractivity contribution in [1.82, 2.24) is 0 Å². The van der Waals surface area contributed by atoms with E-state index in [0.29, 0.717) is 21.8 Å². The number of ketones is 2. The molecule has 2 fully saturated rings. The highest BCUT2D eigenvalue weighted by atomic mass is 35.5. The second kappa shape index (κ2) is 7.44. The molecule has 0 N–H and O–H groups in total. The third-order valence-electron chi connectivity index (χ3n) is 7.34. The summed E-state index contributed by atoms with van der Waals surface area (Å²) in [6.07, 6.45) is -0.941. The molecule has 6 rings (SSSR count). The molecule has 3 aromatic rings. The lowest BCUT2D eigenvalue weighted by Crippen LogP contribution is -2.51. The second-order valence-electron chi connectivity index (χ2n) is 9.33. The lowest BCUT2D eigenvalue weighted by Gasteiger charge is -2.27. The second-order valence-corrected chi connectivity index (χ2v) is 9.77. The number of imide groups is 1. The minimum absolute atomic E-state index is 0.207. The number of benzene rings is 3. The van der Waals surface area contributed by atoms with Crippen molar-refractivity contribution in [2.24, 2.45) is 11.8 Å². The molecule has 3 atom stereocenters. The van der Waals surface area contributed by atoms with Crippen LogP contribution in [-0.2, 0) is 14.3 Å². The molecule has 7 heteroatoms. The Labute approximate surface area is 206 Å². The molecule has 1 spiro atoms. The summed E-state index contributed by atoms with van der Waals surface area (Å²) in [5.41, 5.74) is 0.975. The standard InChI is InChI=1S/C28H20ClNO5/c1-14-7-10-16(11-8-14)23-21-22(27(34)30(26(21)33)20-13-17(29)12-9-15(20)2)28(35-23)24(31)18-5-3-4-6-19(18)25(28)32/h3-13,21-23H,1-2H3/t21-,22+,23+/m1/s1. The number of ether oxygens (including phenoxy) is 1. The Morgan fingerprint density at radius 1 is 0.829 bits per heavy atom. The molecule has 0 bridgehead atoms. The van der Waals surface area contributed by atoms with Crippen molar-refractivity contribution >= 4 is 40.7 Å². The Morgan fingerprint density at radius 2 is 1.46 bits per heavy atom. The minimum Gasteiger partial charge on any atom is -0.349 e. The molecule has 35 heavy (non-hydrogen) atoms. The summed E-state index contributed by atoms with van der Waals surface area (Å²) in [5.74, 6) is -4.61. The highest BCUT2D eigenvalue weighted by molar-refractivity contribution is 6.37. The van der Waals surface area contributed by atoms with Crippen molar-refractivity contribution in [2.75, 3.05) is 4.90 Å². The number of hydrogen-bond donors (Lipinski definition) is 0. The summed E-state index contributed by atoms with van der Waals surface area (Å²) in [6, 6.07) is 18.7. The van der Waals surface area contributed by atoms with E-state index in [1.165, 1.54) is 0 Å². The van der Waals surface area contributed by atoms with Crippen molar-refractivity contribution in [1.29, 1.82) is 0 Å². The lowest BCUT2D eigenvalue weighted by atomic mass is 9.77. The summed E-state index contributed by atoms with van der Waals surface area (Å²) < 4.78 is 6.30. The third-order valence-corrected chi connectivity index (χ3v) is 7.57. The molecule has 2 saturated heterocycles. The van der Waals surface area contributed by atoms with Gasteiger partial charge in [0.15, 0.2) is 0 Å². The summed E-state index contributed by atoms with van der Waals surface area (Å²) in [7, 11) is 0. The van der Waals surface area contributed by atoms with Crippen LogP contribution in [0.4, 0.5) is 5.69 Å². The molecule has 2 amide bonds. The van der Waals surface area contributed by atoms with Gasteiger partial charge in [-0.05, 0) is 37.1 Å². The van der Waals surface area contributed by atoms with E-state index in [2.05, 4.69) is 0 Å². The predicted octanol–water partition coefficient (Wildman–Crippen LogP) is 4.65. The summed E-state index contributed by atoms with van der Waals surface area (Å²) in [4.78, 5) is 56.5. The van der Waals surface area contributed by atoms with E-state index in [-0.39, 0.29) is 11.1 Å². The van der Waals surface area contributed by atoms with Gasteiger partial charge >= 0.3 is 0 Å². The Hall–Kier alpha value is -3.61. The molecule has 2 heterocycles. The van der Waals surface area contributed by atoms with E-state index in [1.807, 2.05) is 19.1 Å². The fourth-order valence-electron chi connectivity index (χ4n) is 5.64. The van der Waals surface area contributed by atoms with E-state index >= 15 is 0 Å². The number of anilines is 1. The minimum atomic E-state index is -2.09. The maximum Gasteiger partial charge on any atom is 0.241 e. The molecule has 2 aliphatic heterocycles. The lowest BCUT2D eigenvalue weighted by molar-refractivity contribution is -0.127. The largest absolute Gasteiger partial charge is 0.349 e. The Kier molecular flexibility index (Phi) is 4.66. The van der Waals surface area contributed by atoms with Gasteiger partial charge < -0.3 is 4.74 Å². The molecule has 3 aromatic carbocycles. The van der Waals surface area contributed by atoms with Crippen LogP contribution < -0.4 is 4.90 Å². The smallest absolute Gasteiger partial charge is 0.241 e. The molecule has 0 aromatic heterocycles. The number of carbonyl (C=O) groups is 4. The fourth-order valence-corrected chi connectivity index (χ4v) is 5.80. The average molecular weight is 486 g/mol. The molecule has 174 valence electrons. The van der Waals surface area contributed by atoms with E-state index in [0.717, 1.165) is 10.5 Å². The number of aryl methyl sites for hydroxylation is 2. The SMILES string of the molecule is Cc1ccc([C@@H]2OC3(C(=O)c4ccccc4C3=O)[C@@H]3C(=O)N(c4cc(Cl)ccc4C)C(=O)[C@H]32)cc1. The molecular formula is C28H20ClNO5. The first-order valence-corrected chi connectivity index (χ1v) is 11.7. The molecular weight excluding hydrogens is 466 g/mol. The Balaban J connectivity index is 1.56. The number of Topliss-reactive ketones (excluding diaryl/α,β-unsaturated/α-hetero) is 2. The van der Waals surface area contributed by atoms with Crippen LogP contribution in [0.3, 0.4) is 0 Å². The number of carbonyl (C=O) groups excluding carboxylic acids is 4. The first-order chi connectivity index (χ1) is 16.8.